The quantitative estimate of drug-likeness (QED) is 0.842. The van der Waals surface area contributed by atoms with E-state index < -0.39 is 6.10 Å². The number of aromatic nitrogens is 2. The molecule has 126 valence electrons. The largest absolute Gasteiger partial charge is 0.391 e. The van der Waals surface area contributed by atoms with E-state index in [9.17, 15) is 9.90 Å². The number of hydrogen-bond acceptors (Lipinski definition) is 5. The Morgan fingerprint density at radius 3 is 2.71 bits per heavy atom. The van der Waals surface area contributed by atoms with Crippen molar-refractivity contribution >= 4 is 5.91 Å². The summed E-state index contributed by atoms with van der Waals surface area (Å²) in [6, 6.07) is 7.53. The van der Waals surface area contributed by atoms with Crippen LogP contribution in [-0.4, -0.2) is 51.6 Å². The molecule has 0 spiro atoms. The van der Waals surface area contributed by atoms with Crippen LogP contribution in [0.2, 0.25) is 0 Å². The molecule has 1 aromatic carbocycles. The average Bonchev–Trinajstić information content (AvgIpc) is 2.97. The monoisotopic (exact) mass is 326 g/mol. The number of hydrogen-bond donors (Lipinski definition) is 2. The van der Waals surface area contributed by atoms with Crippen LogP contribution in [0.1, 0.15) is 21.6 Å². The van der Waals surface area contributed by atoms with Gasteiger partial charge in [0.1, 0.15) is 0 Å². The van der Waals surface area contributed by atoms with Gasteiger partial charge in [0, 0.05) is 43.2 Å². The lowest BCUT2D eigenvalue weighted by Gasteiger charge is -2.16. The molecule has 24 heavy (non-hydrogen) atoms. The smallest absolute Gasteiger partial charge is 0.253 e. The van der Waals surface area contributed by atoms with Gasteiger partial charge in [-0.3, -0.25) is 14.8 Å². The van der Waals surface area contributed by atoms with Gasteiger partial charge in [0.15, 0.2) is 0 Å². The molecule has 1 aliphatic heterocycles. The number of aliphatic hydroxyl groups excluding tert-OH is 1. The predicted octanol–water partition coefficient (Wildman–Crippen LogP) is 0.653. The number of benzene rings is 1. The standard InChI is InChI=1S/C18H22N4O2/c19-6-5-13-1-3-14(4-2-13)18(24)22-11-15(17(23)12-22)9-16-10-20-7-8-21-16/h1-4,7-8,10,15,17,23H,5-6,9,11-12,19H2. The van der Waals surface area contributed by atoms with Crippen LogP contribution in [0.25, 0.3) is 0 Å². The number of carbonyl (C=O) groups is 1. The Kier molecular flexibility index (Phi) is 5.17. The summed E-state index contributed by atoms with van der Waals surface area (Å²) in [5, 5.41) is 10.3. The van der Waals surface area contributed by atoms with E-state index in [1.165, 1.54) is 0 Å². The second-order valence-electron chi connectivity index (χ2n) is 6.17. The van der Waals surface area contributed by atoms with E-state index in [1.54, 1.807) is 23.5 Å². The van der Waals surface area contributed by atoms with Crippen molar-refractivity contribution in [1.29, 1.82) is 0 Å². The van der Waals surface area contributed by atoms with E-state index in [4.69, 9.17) is 5.73 Å². The first-order valence-corrected chi connectivity index (χ1v) is 8.18. The average molecular weight is 326 g/mol. The summed E-state index contributed by atoms with van der Waals surface area (Å²) in [6.07, 6.45) is 5.85. The van der Waals surface area contributed by atoms with Crippen molar-refractivity contribution in [2.75, 3.05) is 19.6 Å². The Morgan fingerprint density at radius 1 is 1.25 bits per heavy atom. The van der Waals surface area contributed by atoms with Gasteiger partial charge in [0.25, 0.3) is 5.91 Å². The normalized spacial score (nSPS) is 20.3. The van der Waals surface area contributed by atoms with E-state index in [0.29, 0.717) is 31.6 Å². The Balaban J connectivity index is 1.64. The first-order valence-electron chi connectivity index (χ1n) is 8.18. The molecule has 3 N–H and O–H groups in total. The number of carbonyl (C=O) groups excluding carboxylic acids is 1. The van der Waals surface area contributed by atoms with Gasteiger partial charge in [0.2, 0.25) is 0 Å². The third kappa shape index (κ3) is 3.77. The van der Waals surface area contributed by atoms with E-state index in [-0.39, 0.29) is 11.8 Å². The number of rotatable bonds is 5. The molecule has 1 aromatic heterocycles. The lowest BCUT2D eigenvalue weighted by Crippen LogP contribution is -2.29. The third-order valence-corrected chi connectivity index (χ3v) is 4.42. The SMILES string of the molecule is NCCc1ccc(C(=O)N2CC(O)C(Cc3cnccn3)C2)cc1. The van der Waals surface area contributed by atoms with Crippen molar-refractivity contribution in [3.8, 4) is 0 Å². The van der Waals surface area contributed by atoms with Gasteiger partial charge in [-0.1, -0.05) is 12.1 Å². The Hall–Kier alpha value is -2.31. The topological polar surface area (TPSA) is 92.3 Å². The molecular weight excluding hydrogens is 304 g/mol. The summed E-state index contributed by atoms with van der Waals surface area (Å²) in [5.74, 6) is -0.0582. The Morgan fingerprint density at radius 2 is 2.04 bits per heavy atom. The number of β-amino-alcohol motifs (C(OH)–C–C–N with tert-alkyl or cyclic N) is 1. The van der Waals surface area contributed by atoms with Crippen LogP contribution in [-0.2, 0) is 12.8 Å². The van der Waals surface area contributed by atoms with E-state index in [1.807, 2.05) is 24.3 Å². The highest BCUT2D eigenvalue weighted by atomic mass is 16.3. The van der Waals surface area contributed by atoms with Gasteiger partial charge in [-0.05, 0) is 37.1 Å². The summed E-state index contributed by atoms with van der Waals surface area (Å²) in [5.41, 5.74) is 8.14. The van der Waals surface area contributed by atoms with Crippen LogP contribution >= 0.6 is 0 Å². The minimum Gasteiger partial charge on any atom is -0.391 e. The van der Waals surface area contributed by atoms with Crippen molar-refractivity contribution in [2.45, 2.75) is 18.9 Å². The maximum Gasteiger partial charge on any atom is 0.253 e. The molecule has 2 aromatic rings. The van der Waals surface area contributed by atoms with Gasteiger partial charge in [-0.2, -0.15) is 0 Å². The molecule has 2 unspecified atom stereocenters. The van der Waals surface area contributed by atoms with Crippen LogP contribution in [0, 0.1) is 5.92 Å². The predicted molar refractivity (Wildman–Crippen MR) is 90.3 cm³/mol. The van der Waals surface area contributed by atoms with Crippen LogP contribution in [0.5, 0.6) is 0 Å². The zero-order valence-corrected chi connectivity index (χ0v) is 13.5. The maximum absolute atomic E-state index is 12.6. The third-order valence-electron chi connectivity index (χ3n) is 4.42. The molecule has 0 saturated carbocycles. The van der Waals surface area contributed by atoms with Crippen molar-refractivity contribution in [1.82, 2.24) is 14.9 Å². The first-order chi connectivity index (χ1) is 11.7. The zero-order chi connectivity index (χ0) is 16.9. The lowest BCUT2D eigenvalue weighted by atomic mass is 10.0. The second kappa shape index (κ2) is 7.51. The molecule has 0 bridgehead atoms. The lowest BCUT2D eigenvalue weighted by molar-refractivity contribution is 0.0764. The summed E-state index contributed by atoms with van der Waals surface area (Å²) in [6.45, 7) is 1.48. The highest BCUT2D eigenvalue weighted by molar-refractivity contribution is 5.94. The number of aliphatic hydroxyl groups is 1. The Labute approximate surface area is 141 Å². The highest BCUT2D eigenvalue weighted by Crippen LogP contribution is 2.22. The van der Waals surface area contributed by atoms with Crippen LogP contribution in [0.4, 0.5) is 0 Å². The fourth-order valence-electron chi connectivity index (χ4n) is 3.09. The highest BCUT2D eigenvalue weighted by Gasteiger charge is 2.34. The molecule has 6 nitrogen and oxygen atoms in total. The van der Waals surface area contributed by atoms with Crippen LogP contribution in [0.3, 0.4) is 0 Å². The molecule has 1 fully saturated rings. The summed E-state index contributed by atoms with van der Waals surface area (Å²) in [7, 11) is 0. The molecule has 0 radical (unpaired) electrons. The van der Waals surface area contributed by atoms with E-state index in [0.717, 1.165) is 17.7 Å². The van der Waals surface area contributed by atoms with E-state index >= 15 is 0 Å². The van der Waals surface area contributed by atoms with Crippen molar-refractivity contribution < 1.29 is 9.90 Å². The number of nitrogens with zero attached hydrogens (tertiary/aromatic N) is 3. The van der Waals surface area contributed by atoms with Crippen molar-refractivity contribution in [3.63, 3.8) is 0 Å². The fraction of sp³-hybridized carbons (Fsp3) is 0.389. The van der Waals surface area contributed by atoms with Gasteiger partial charge in [-0.15, -0.1) is 0 Å². The molecular formula is C18H22N4O2. The summed E-state index contributed by atoms with van der Waals surface area (Å²) < 4.78 is 0. The van der Waals surface area contributed by atoms with Crippen molar-refractivity contribution in [3.05, 3.63) is 59.7 Å². The van der Waals surface area contributed by atoms with Gasteiger partial charge in [-0.25, -0.2) is 0 Å². The molecule has 3 rings (SSSR count). The molecule has 1 amide bonds. The van der Waals surface area contributed by atoms with Gasteiger partial charge < -0.3 is 15.7 Å². The molecule has 2 heterocycles. The molecule has 6 heteroatoms. The molecule has 1 saturated heterocycles. The van der Waals surface area contributed by atoms with Crippen LogP contribution in [0.15, 0.2) is 42.9 Å². The molecule has 2 atom stereocenters. The van der Waals surface area contributed by atoms with Gasteiger partial charge >= 0.3 is 0 Å². The number of nitrogens with two attached hydrogens (primary N) is 1. The van der Waals surface area contributed by atoms with E-state index in [2.05, 4.69) is 9.97 Å². The maximum atomic E-state index is 12.6. The molecule has 1 aliphatic rings. The molecule has 0 aliphatic carbocycles. The zero-order valence-electron chi connectivity index (χ0n) is 13.5. The summed E-state index contributed by atoms with van der Waals surface area (Å²) >= 11 is 0. The number of likely N-dealkylation sites (tertiary alicyclic amines) is 1. The Bertz CT molecular complexity index is 675. The number of amides is 1. The second-order valence-corrected chi connectivity index (χ2v) is 6.17. The summed E-state index contributed by atoms with van der Waals surface area (Å²) in [4.78, 5) is 22.6. The fourth-order valence-corrected chi connectivity index (χ4v) is 3.09. The van der Waals surface area contributed by atoms with Crippen molar-refractivity contribution in [2.24, 2.45) is 11.7 Å². The van der Waals surface area contributed by atoms with Gasteiger partial charge in [0.05, 0.1) is 11.8 Å². The minimum atomic E-state index is -0.535. The first kappa shape index (κ1) is 16.5. The van der Waals surface area contributed by atoms with Crippen LogP contribution < -0.4 is 5.73 Å². The minimum absolute atomic E-state index is 0.0119.